The molecule has 0 radical (unpaired) electrons. The first-order valence-electron chi connectivity index (χ1n) is 3.72. The molecule has 0 spiro atoms. The second kappa shape index (κ2) is 31.0. The summed E-state index contributed by atoms with van der Waals surface area (Å²) in [6.07, 6.45) is 4.93. The molecule has 0 fully saturated rings. The van der Waals surface area contributed by atoms with Gasteiger partial charge in [0.2, 0.25) is 12.2 Å². The lowest BCUT2D eigenvalue weighted by molar-refractivity contribution is 0.562. The molecule has 0 aromatic carbocycles. The van der Waals surface area contributed by atoms with Crippen molar-refractivity contribution in [2.75, 3.05) is 13.1 Å². The fourth-order valence-electron chi connectivity index (χ4n) is 0.465. The molecule has 0 aliphatic heterocycles. The molecule has 13 heavy (non-hydrogen) atoms. The van der Waals surface area contributed by atoms with Gasteiger partial charge in [0, 0.05) is 0 Å². The Hall–Kier alpha value is -1.32. The molecule has 0 atom stereocenters. The Kier molecular flexibility index (Phi) is 42.2. The van der Waals surface area contributed by atoms with Crippen LogP contribution in [0.25, 0.3) is 0 Å². The third kappa shape index (κ3) is 112. The number of carbonyl (C=O) groups excluding carboxylic acids is 2. The first-order chi connectivity index (χ1) is 6.24. The van der Waals surface area contributed by atoms with E-state index in [-0.39, 0.29) is 0 Å². The third-order valence-electron chi connectivity index (χ3n) is 0.908. The van der Waals surface area contributed by atoms with Gasteiger partial charge in [-0.2, -0.15) is 0 Å². The number of rotatable bonds is 4. The molecule has 6 heteroatoms. The summed E-state index contributed by atoms with van der Waals surface area (Å²) in [5, 5.41) is 10.8. The maximum atomic E-state index is 8.35. The molecule has 6 nitrogen and oxygen atoms in total. The first-order valence-corrected chi connectivity index (χ1v) is 3.72. The van der Waals surface area contributed by atoms with Crippen LogP contribution < -0.4 is 11.5 Å². The summed E-state index contributed by atoms with van der Waals surface area (Å²) < 4.78 is 0. The fraction of sp³-hybridized carbons (Fsp3) is 0.714. The third-order valence-corrected chi connectivity index (χ3v) is 0.908. The molecule has 0 aliphatic carbocycles. The lowest BCUT2D eigenvalue weighted by Gasteiger charge is -1.91. The van der Waals surface area contributed by atoms with Gasteiger partial charge in [-0.05, 0) is 25.9 Å². The average molecular weight is 188 g/mol. The van der Waals surface area contributed by atoms with E-state index in [1.54, 1.807) is 0 Å². The van der Waals surface area contributed by atoms with Gasteiger partial charge in [-0.1, -0.05) is 6.42 Å². The van der Waals surface area contributed by atoms with E-state index in [4.69, 9.17) is 31.9 Å². The first kappa shape index (κ1) is 17.7. The summed E-state index contributed by atoms with van der Waals surface area (Å²) in [5.74, 6) is 0. The molecule has 0 heterocycles. The molecule has 0 aromatic heterocycles. The Labute approximate surface area is 77.3 Å². The van der Waals surface area contributed by atoms with Crippen molar-refractivity contribution in [1.82, 2.24) is 0 Å². The largest absolute Gasteiger partial charge is 0.330 e. The molecule has 0 bridgehead atoms. The van der Waals surface area contributed by atoms with Crippen molar-refractivity contribution in [3.05, 3.63) is 0 Å². The lowest BCUT2D eigenvalue weighted by atomic mass is 10.2. The van der Waals surface area contributed by atoms with Crippen molar-refractivity contribution in [3.8, 4) is 0 Å². The molecule has 0 amide bonds. The zero-order valence-electron chi connectivity index (χ0n) is 7.51. The van der Waals surface area contributed by atoms with E-state index in [1.807, 2.05) is 0 Å². The Morgan fingerprint density at radius 1 is 0.846 bits per heavy atom. The van der Waals surface area contributed by atoms with Crippen LogP contribution in [0.4, 0.5) is 0 Å². The van der Waals surface area contributed by atoms with Gasteiger partial charge in [-0.15, -0.1) is 0 Å². The molecule has 0 aliphatic rings. The molecule has 0 rings (SSSR count). The summed E-state index contributed by atoms with van der Waals surface area (Å²) in [5.41, 5.74) is 10.5. The zero-order chi connectivity index (χ0) is 10.9. The van der Waals surface area contributed by atoms with Crippen LogP contribution in [0.3, 0.4) is 0 Å². The van der Waals surface area contributed by atoms with E-state index in [0.29, 0.717) is 0 Å². The smallest absolute Gasteiger partial charge is 0.231 e. The number of hydrogen-bond acceptors (Lipinski definition) is 6. The van der Waals surface area contributed by atoms with E-state index >= 15 is 0 Å². The highest BCUT2D eigenvalue weighted by atomic mass is 16.1. The second-order valence-corrected chi connectivity index (χ2v) is 1.84. The van der Waals surface area contributed by atoms with Crippen molar-refractivity contribution in [2.24, 2.45) is 11.5 Å². The van der Waals surface area contributed by atoms with Gasteiger partial charge in [-0.25, -0.2) is 20.4 Å². The van der Waals surface area contributed by atoms with Crippen molar-refractivity contribution in [1.29, 1.82) is 10.8 Å². The molecular weight excluding hydrogens is 172 g/mol. The molecular formula is C7H16N4O2. The van der Waals surface area contributed by atoms with Crippen molar-refractivity contribution < 1.29 is 9.59 Å². The van der Waals surface area contributed by atoms with Gasteiger partial charge in [0.25, 0.3) is 0 Å². The second-order valence-electron chi connectivity index (χ2n) is 1.84. The molecule has 0 saturated heterocycles. The van der Waals surface area contributed by atoms with E-state index in [1.165, 1.54) is 6.42 Å². The molecule has 76 valence electrons. The fourth-order valence-corrected chi connectivity index (χ4v) is 0.465. The Balaban J connectivity index is -0.000000140. The predicted molar refractivity (Wildman–Crippen MR) is 48.8 cm³/mol. The van der Waals surface area contributed by atoms with Gasteiger partial charge in [0.15, 0.2) is 0 Å². The monoisotopic (exact) mass is 188 g/mol. The van der Waals surface area contributed by atoms with Crippen molar-refractivity contribution >= 4 is 12.2 Å². The topological polar surface area (TPSA) is 134 Å². The Morgan fingerprint density at radius 2 is 1.08 bits per heavy atom. The average Bonchev–Trinajstić information content (AvgIpc) is 2.08. The molecule has 0 unspecified atom stereocenters. The summed E-state index contributed by atoms with van der Waals surface area (Å²) in [7, 11) is 0. The standard InChI is InChI=1S/C5H14N2.2CHNO/c6-4-2-1-3-5-7;2*2-1-3/h1-7H2;2*2H. The Morgan fingerprint density at radius 3 is 1.23 bits per heavy atom. The van der Waals surface area contributed by atoms with E-state index in [0.717, 1.165) is 38.1 Å². The van der Waals surface area contributed by atoms with Gasteiger partial charge in [0.05, 0.1) is 0 Å². The normalized spacial score (nSPS) is 6.31. The highest BCUT2D eigenvalue weighted by Gasteiger charge is 1.80. The number of nitrogens with one attached hydrogen (secondary N) is 2. The summed E-state index contributed by atoms with van der Waals surface area (Å²) in [6, 6.07) is 0. The Bertz CT molecular complexity index is 121. The summed E-state index contributed by atoms with van der Waals surface area (Å²) >= 11 is 0. The van der Waals surface area contributed by atoms with Crippen LogP contribution in [-0.2, 0) is 9.59 Å². The van der Waals surface area contributed by atoms with E-state index < -0.39 is 0 Å². The van der Waals surface area contributed by atoms with Gasteiger partial charge in [0.1, 0.15) is 0 Å². The molecule has 0 aromatic rings. The SMILES string of the molecule is N=C=O.N=C=O.NCCCCCN. The zero-order valence-corrected chi connectivity index (χ0v) is 7.51. The van der Waals surface area contributed by atoms with Gasteiger partial charge < -0.3 is 11.5 Å². The van der Waals surface area contributed by atoms with E-state index in [2.05, 4.69) is 0 Å². The van der Waals surface area contributed by atoms with E-state index in [9.17, 15) is 0 Å². The highest BCUT2D eigenvalue weighted by molar-refractivity contribution is 5.26. The van der Waals surface area contributed by atoms with Gasteiger partial charge >= 0.3 is 0 Å². The van der Waals surface area contributed by atoms with Crippen molar-refractivity contribution in [3.63, 3.8) is 0 Å². The van der Waals surface area contributed by atoms with Crippen LogP contribution in [0, 0.1) is 10.8 Å². The summed E-state index contributed by atoms with van der Waals surface area (Å²) in [6.45, 7) is 1.61. The number of nitrogens with two attached hydrogens (primary N) is 2. The van der Waals surface area contributed by atoms with Crippen LogP contribution >= 0.6 is 0 Å². The number of isocyanates is 2. The van der Waals surface area contributed by atoms with Crippen LogP contribution in [-0.4, -0.2) is 25.2 Å². The number of unbranched alkanes of at least 4 members (excludes halogenated alkanes) is 2. The quantitative estimate of drug-likeness (QED) is 0.278. The number of hydrogen-bond donors (Lipinski definition) is 4. The summed E-state index contributed by atoms with van der Waals surface area (Å²) in [4.78, 5) is 16.7. The molecule has 6 N–H and O–H groups in total. The molecule has 0 saturated carbocycles. The van der Waals surface area contributed by atoms with Crippen LogP contribution in [0.2, 0.25) is 0 Å². The highest BCUT2D eigenvalue weighted by Crippen LogP contribution is 1.88. The predicted octanol–water partition coefficient (Wildman–Crippen LogP) is -0.124. The maximum Gasteiger partial charge on any atom is 0.231 e. The lowest BCUT2D eigenvalue weighted by Crippen LogP contribution is -2.02. The minimum atomic E-state index is 0.750. The maximum absolute atomic E-state index is 8.35. The minimum Gasteiger partial charge on any atom is -0.330 e. The van der Waals surface area contributed by atoms with Crippen LogP contribution in [0.5, 0.6) is 0 Å². The van der Waals surface area contributed by atoms with Crippen molar-refractivity contribution in [2.45, 2.75) is 19.3 Å². The van der Waals surface area contributed by atoms with Crippen LogP contribution in [0.15, 0.2) is 0 Å². The van der Waals surface area contributed by atoms with Crippen LogP contribution in [0.1, 0.15) is 19.3 Å². The van der Waals surface area contributed by atoms with Gasteiger partial charge in [-0.3, -0.25) is 0 Å². The minimum absolute atomic E-state index is 0.750.